The molecule has 0 spiro atoms. The minimum atomic E-state index is -0.822. The Balaban J connectivity index is 1.32. The molecule has 0 saturated heterocycles. The van der Waals surface area contributed by atoms with E-state index >= 15 is 0 Å². The molecule has 0 bridgehead atoms. The number of carboxylic acid groups (broad SMARTS) is 1. The van der Waals surface area contributed by atoms with Crippen molar-refractivity contribution < 1.29 is 24.2 Å². The molecule has 0 fully saturated rings. The van der Waals surface area contributed by atoms with Crippen molar-refractivity contribution in [2.75, 3.05) is 13.2 Å². The van der Waals surface area contributed by atoms with E-state index in [1.807, 2.05) is 31.2 Å². The summed E-state index contributed by atoms with van der Waals surface area (Å²) in [7, 11) is 0. The average molecular weight is 453 g/mol. The number of ether oxygens (including phenoxy) is 1. The summed E-state index contributed by atoms with van der Waals surface area (Å²) in [4.78, 5) is 34.7. The third-order valence-corrected chi connectivity index (χ3v) is 5.88. The molecule has 1 unspecified atom stereocenters. The van der Waals surface area contributed by atoms with Crippen molar-refractivity contribution in [2.45, 2.75) is 57.4 Å². The number of amides is 2. The second-order valence-electron chi connectivity index (χ2n) is 8.46. The van der Waals surface area contributed by atoms with Crippen LogP contribution >= 0.6 is 0 Å². The topological polar surface area (TPSA) is 105 Å². The average Bonchev–Trinajstić information content (AvgIpc) is 3.11. The maximum absolute atomic E-state index is 12.2. The van der Waals surface area contributed by atoms with Gasteiger partial charge in [-0.3, -0.25) is 9.59 Å². The number of nitrogens with one attached hydrogen (secondary N) is 2. The maximum atomic E-state index is 12.2. The number of rotatable bonds is 12. The summed E-state index contributed by atoms with van der Waals surface area (Å²) in [5.41, 5.74) is 4.73. The molecule has 2 aromatic carbocycles. The van der Waals surface area contributed by atoms with Gasteiger partial charge in [0.05, 0.1) is 0 Å². The lowest BCUT2D eigenvalue weighted by Gasteiger charge is -2.15. The van der Waals surface area contributed by atoms with Crippen LogP contribution in [0.4, 0.5) is 4.79 Å². The van der Waals surface area contributed by atoms with Crippen molar-refractivity contribution >= 4 is 18.0 Å². The molecule has 7 heteroatoms. The van der Waals surface area contributed by atoms with Gasteiger partial charge < -0.3 is 20.5 Å². The van der Waals surface area contributed by atoms with Gasteiger partial charge in [0.25, 0.3) is 0 Å². The van der Waals surface area contributed by atoms with Crippen molar-refractivity contribution in [2.24, 2.45) is 0 Å². The van der Waals surface area contributed by atoms with E-state index in [2.05, 4.69) is 34.9 Å². The van der Waals surface area contributed by atoms with E-state index in [-0.39, 0.29) is 30.9 Å². The number of alkyl carbamates (subject to hydrolysis) is 1. The molecule has 1 atom stereocenters. The second-order valence-corrected chi connectivity index (χ2v) is 8.46. The summed E-state index contributed by atoms with van der Waals surface area (Å²) in [5, 5.41) is 14.3. The zero-order chi connectivity index (χ0) is 23.6. The number of hydrogen-bond acceptors (Lipinski definition) is 4. The number of carboxylic acids is 1. The Morgan fingerprint density at radius 1 is 0.939 bits per heavy atom. The standard InChI is InChI=1S/C26H32N2O5/c1-18(9-8-15-25(30)31)28-24(29)14-6-7-16-27-26(32)33-17-23-21-12-4-2-10-19(21)20-11-3-5-13-22(20)23/h2-5,10-13,18,23H,6-9,14-17H2,1H3,(H,27,32)(H,28,29)(H,30,31). The number of unbranched alkanes of at least 4 members (excludes halogenated alkanes) is 1. The summed E-state index contributed by atoms with van der Waals surface area (Å²) in [5.74, 6) is -0.847. The summed E-state index contributed by atoms with van der Waals surface area (Å²) in [6.07, 6.45) is 2.54. The Morgan fingerprint density at radius 3 is 2.21 bits per heavy atom. The van der Waals surface area contributed by atoms with Crippen molar-refractivity contribution in [3.63, 3.8) is 0 Å². The van der Waals surface area contributed by atoms with Crippen LogP contribution < -0.4 is 10.6 Å². The van der Waals surface area contributed by atoms with E-state index in [4.69, 9.17) is 9.84 Å². The largest absolute Gasteiger partial charge is 0.481 e. The molecule has 3 N–H and O–H groups in total. The lowest BCUT2D eigenvalue weighted by molar-refractivity contribution is -0.137. The Morgan fingerprint density at radius 2 is 1.58 bits per heavy atom. The van der Waals surface area contributed by atoms with Gasteiger partial charge in [0.1, 0.15) is 6.61 Å². The fraction of sp³-hybridized carbons (Fsp3) is 0.423. The van der Waals surface area contributed by atoms with E-state index in [0.717, 1.165) is 0 Å². The van der Waals surface area contributed by atoms with E-state index in [1.165, 1.54) is 22.3 Å². The predicted molar refractivity (Wildman–Crippen MR) is 126 cm³/mol. The Kier molecular flexibility index (Phi) is 8.87. The van der Waals surface area contributed by atoms with Gasteiger partial charge in [0, 0.05) is 31.3 Å². The number of hydrogen-bond donors (Lipinski definition) is 3. The molecule has 0 aliphatic heterocycles. The molecule has 0 heterocycles. The number of benzene rings is 2. The summed E-state index contributed by atoms with van der Waals surface area (Å²) < 4.78 is 5.50. The molecule has 3 rings (SSSR count). The van der Waals surface area contributed by atoms with Crippen LogP contribution in [0, 0.1) is 0 Å². The summed E-state index contributed by atoms with van der Waals surface area (Å²) >= 11 is 0. The van der Waals surface area contributed by atoms with Gasteiger partial charge in [-0.2, -0.15) is 0 Å². The van der Waals surface area contributed by atoms with E-state index < -0.39 is 12.1 Å². The highest BCUT2D eigenvalue weighted by Crippen LogP contribution is 2.44. The minimum Gasteiger partial charge on any atom is -0.481 e. The predicted octanol–water partition coefficient (Wildman–Crippen LogP) is 4.46. The normalized spacial score (nSPS) is 13.0. The van der Waals surface area contributed by atoms with Crippen LogP contribution in [0.5, 0.6) is 0 Å². The molecule has 33 heavy (non-hydrogen) atoms. The summed E-state index contributed by atoms with van der Waals surface area (Å²) in [6, 6.07) is 16.4. The third kappa shape index (κ3) is 7.07. The first-order chi connectivity index (χ1) is 16.0. The van der Waals surface area contributed by atoms with Crippen LogP contribution in [-0.2, 0) is 14.3 Å². The van der Waals surface area contributed by atoms with Crippen LogP contribution in [-0.4, -0.2) is 42.3 Å². The molecular weight excluding hydrogens is 420 g/mol. The van der Waals surface area contributed by atoms with E-state index in [1.54, 1.807) is 0 Å². The van der Waals surface area contributed by atoms with Crippen LogP contribution in [0.2, 0.25) is 0 Å². The molecule has 2 amide bonds. The smallest absolute Gasteiger partial charge is 0.407 e. The SMILES string of the molecule is CC(CCCC(=O)O)NC(=O)CCCCNC(=O)OCC1c2ccccc2-c2ccccc21. The van der Waals surface area contributed by atoms with Crippen LogP contribution in [0.3, 0.4) is 0 Å². The molecule has 0 radical (unpaired) electrons. The van der Waals surface area contributed by atoms with E-state index in [9.17, 15) is 14.4 Å². The number of carbonyl (C=O) groups excluding carboxylic acids is 2. The number of fused-ring (bicyclic) bond motifs is 3. The van der Waals surface area contributed by atoms with Gasteiger partial charge in [-0.1, -0.05) is 48.5 Å². The van der Waals surface area contributed by atoms with Crippen LogP contribution in [0.1, 0.15) is 62.5 Å². The lowest BCUT2D eigenvalue weighted by atomic mass is 9.98. The minimum absolute atomic E-state index is 0.0318. The highest BCUT2D eigenvalue weighted by molar-refractivity contribution is 5.79. The summed E-state index contributed by atoms with van der Waals surface area (Å²) in [6.45, 7) is 2.60. The Hall–Kier alpha value is -3.35. The molecule has 176 valence electrons. The van der Waals surface area contributed by atoms with Gasteiger partial charge in [-0.15, -0.1) is 0 Å². The van der Waals surface area contributed by atoms with Gasteiger partial charge in [0.2, 0.25) is 5.91 Å². The monoisotopic (exact) mass is 452 g/mol. The maximum Gasteiger partial charge on any atom is 0.407 e. The third-order valence-electron chi connectivity index (χ3n) is 5.88. The molecule has 0 aromatic heterocycles. The Labute approximate surface area is 194 Å². The molecular formula is C26H32N2O5. The van der Waals surface area contributed by atoms with Crippen molar-refractivity contribution in [3.05, 3.63) is 59.7 Å². The molecule has 2 aromatic rings. The Bertz CT molecular complexity index is 929. The van der Waals surface area contributed by atoms with Gasteiger partial charge in [0.15, 0.2) is 0 Å². The fourth-order valence-electron chi connectivity index (χ4n) is 4.23. The van der Waals surface area contributed by atoms with Gasteiger partial charge in [-0.05, 0) is 54.9 Å². The zero-order valence-corrected chi connectivity index (χ0v) is 19.0. The highest BCUT2D eigenvalue weighted by atomic mass is 16.5. The fourth-order valence-corrected chi connectivity index (χ4v) is 4.23. The quantitative estimate of drug-likeness (QED) is 0.413. The number of aliphatic carboxylic acids is 1. The molecule has 7 nitrogen and oxygen atoms in total. The lowest BCUT2D eigenvalue weighted by Crippen LogP contribution is -2.32. The molecule has 1 aliphatic carbocycles. The highest BCUT2D eigenvalue weighted by Gasteiger charge is 2.28. The zero-order valence-electron chi connectivity index (χ0n) is 19.0. The first kappa shape index (κ1) is 24.3. The van der Waals surface area contributed by atoms with Crippen molar-refractivity contribution in [3.8, 4) is 11.1 Å². The number of carbonyl (C=O) groups is 3. The first-order valence-electron chi connectivity index (χ1n) is 11.6. The van der Waals surface area contributed by atoms with Gasteiger partial charge in [-0.25, -0.2) is 4.79 Å². The van der Waals surface area contributed by atoms with Gasteiger partial charge >= 0.3 is 12.1 Å². The van der Waals surface area contributed by atoms with Crippen molar-refractivity contribution in [1.82, 2.24) is 10.6 Å². The van der Waals surface area contributed by atoms with E-state index in [0.29, 0.717) is 38.6 Å². The first-order valence-corrected chi connectivity index (χ1v) is 11.6. The van der Waals surface area contributed by atoms with Crippen LogP contribution in [0.15, 0.2) is 48.5 Å². The second kappa shape index (κ2) is 12.0. The van der Waals surface area contributed by atoms with Crippen molar-refractivity contribution in [1.29, 1.82) is 0 Å². The van der Waals surface area contributed by atoms with Crippen LogP contribution in [0.25, 0.3) is 11.1 Å². The molecule has 0 saturated carbocycles. The molecule has 1 aliphatic rings.